The third-order valence-corrected chi connectivity index (χ3v) is 3.44. The lowest BCUT2D eigenvalue weighted by molar-refractivity contribution is -0.117. The molecule has 0 atom stereocenters. The summed E-state index contributed by atoms with van der Waals surface area (Å²) in [5.74, 6) is -0.255. The second-order valence-electron chi connectivity index (χ2n) is 5.04. The molecule has 98 valence electrons. The number of hydrogen-bond acceptors (Lipinski definition) is 2. The lowest BCUT2D eigenvalue weighted by atomic mass is 10.1. The minimum absolute atomic E-state index is 0.177. The Hall–Kier alpha value is -2.08. The summed E-state index contributed by atoms with van der Waals surface area (Å²) in [7, 11) is 0. The first kappa shape index (κ1) is 13.4. The lowest BCUT2D eigenvalue weighted by Crippen LogP contribution is -2.33. The molecule has 0 radical (unpaired) electrons. The smallest absolute Gasteiger partial charge is 0.262 e. The van der Waals surface area contributed by atoms with E-state index in [1.54, 1.807) is 6.08 Å². The van der Waals surface area contributed by atoms with Crippen molar-refractivity contribution < 1.29 is 4.79 Å². The molecular weight excluding hydrogens is 236 g/mol. The Balaban J connectivity index is 2.08. The summed E-state index contributed by atoms with van der Waals surface area (Å²) in [6.45, 7) is 2.01. The zero-order valence-corrected chi connectivity index (χ0v) is 11.1. The summed E-state index contributed by atoms with van der Waals surface area (Å²) in [4.78, 5) is 12.0. The van der Waals surface area contributed by atoms with Gasteiger partial charge in [0.05, 0.1) is 0 Å². The highest BCUT2D eigenvalue weighted by atomic mass is 16.1. The van der Waals surface area contributed by atoms with Crippen LogP contribution in [-0.2, 0) is 4.79 Å². The molecular formula is C16H18N2O. The van der Waals surface area contributed by atoms with Crippen molar-refractivity contribution in [3.05, 3.63) is 41.0 Å². The molecule has 1 aliphatic rings. The van der Waals surface area contributed by atoms with Crippen LogP contribution in [0.2, 0.25) is 0 Å². The van der Waals surface area contributed by atoms with E-state index in [-0.39, 0.29) is 17.5 Å². The number of rotatable bonds is 3. The van der Waals surface area contributed by atoms with Gasteiger partial charge in [-0.1, -0.05) is 42.7 Å². The van der Waals surface area contributed by atoms with Crippen LogP contribution < -0.4 is 5.32 Å². The summed E-state index contributed by atoms with van der Waals surface area (Å²) in [5, 5.41) is 12.0. The van der Waals surface area contributed by atoms with Crippen LogP contribution in [0.15, 0.2) is 29.8 Å². The quantitative estimate of drug-likeness (QED) is 0.666. The second kappa shape index (κ2) is 6.19. The van der Waals surface area contributed by atoms with E-state index in [9.17, 15) is 4.79 Å². The Labute approximate surface area is 113 Å². The molecule has 0 unspecified atom stereocenters. The summed E-state index contributed by atoms with van der Waals surface area (Å²) >= 11 is 0. The number of nitrogens with zero attached hydrogens (tertiary/aromatic N) is 1. The molecule has 1 saturated carbocycles. The Morgan fingerprint density at radius 1 is 1.32 bits per heavy atom. The summed E-state index contributed by atoms with van der Waals surface area (Å²) < 4.78 is 0. The van der Waals surface area contributed by atoms with Crippen LogP contribution in [0.5, 0.6) is 0 Å². The van der Waals surface area contributed by atoms with Crippen molar-refractivity contribution in [3.8, 4) is 6.07 Å². The van der Waals surface area contributed by atoms with E-state index in [1.165, 1.54) is 0 Å². The van der Waals surface area contributed by atoms with Crippen molar-refractivity contribution in [2.24, 2.45) is 0 Å². The molecule has 1 fully saturated rings. The molecule has 3 nitrogen and oxygen atoms in total. The fraction of sp³-hybridized carbons (Fsp3) is 0.375. The summed E-state index contributed by atoms with van der Waals surface area (Å²) in [5.41, 5.74) is 2.21. The fourth-order valence-corrected chi connectivity index (χ4v) is 2.31. The number of aryl methyl sites for hydroxylation is 1. The molecule has 0 aromatic heterocycles. The molecule has 1 amide bonds. The fourth-order valence-electron chi connectivity index (χ4n) is 2.31. The van der Waals surface area contributed by atoms with Gasteiger partial charge in [0, 0.05) is 6.04 Å². The molecule has 19 heavy (non-hydrogen) atoms. The maximum absolute atomic E-state index is 12.0. The molecule has 0 saturated heterocycles. The maximum atomic E-state index is 12.0. The van der Waals surface area contributed by atoms with Gasteiger partial charge in [0.1, 0.15) is 11.6 Å². The first-order valence-corrected chi connectivity index (χ1v) is 6.68. The van der Waals surface area contributed by atoms with Gasteiger partial charge in [-0.3, -0.25) is 4.79 Å². The van der Waals surface area contributed by atoms with Gasteiger partial charge in [0.25, 0.3) is 5.91 Å². The zero-order valence-electron chi connectivity index (χ0n) is 11.1. The number of hydrogen-bond donors (Lipinski definition) is 1. The van der Waals surface area contributed by atoms with Crippen molar-refractivity contribution in [3.63, 3.8) is 0 Å². The van der Waals surface area contributed by atoms with E-state index in [1.807, 2.05) is 37.3 Å². The van der Waals surface area contributed by atoms with Crippen molar-refractivity contribution in [1.82, 2.24) is 5.32 Å². The van der Waals surface area contributed by atoms with Gasteiger partial charge in [0.15, 0.2) is 0 Å². The van der Waals surface area contributed by atoms with E-state index in [4.69, 9.17) is 5.26 Å². The number of benzene rings is 1. The molecule has 0 aliphatic heterocycles. The average molecular weight is 254 g/mol. The Morgan fingerprint density at radius 2 is 1.95 bits per heavy atom. The molecule has 1 aliphatic carbocycles. The number of carbonyl (C=O) groups excluding carboxylic acids is 1. The van der Waals surface area contributed by atoms with E-state index < -0.39 is 0 Å². The molecule has 2 rings (SSSR count). The van der Waals surface area contributed by atoms with Crippen molar-refractivity contribution >= 4 is 12.0 Å². The largest absolute Gasteiger partial charge is 0.349 e. The average Bonchev–Trinajstić information content (AvgIpc) is 2.90. The van der Waals surface area contributed by atoms with E-state index in [0.717, 1.165) is 36.8 Å². The molecule has 1 N–H and O–H groups in total. The number of nitriles is 1. The summed E-state index contributed by atoms with van der Waals surface area (Å²) in [6.07, 6.45) is 6.01. The van der Waals surface area contributed by atoms with Gasteiger partial charge < -0.3 is 5.32 Å². The first-order chi connectivity index (χ1) is 9.19. The Kier molecular flexibility index (Phi) is 4.35. The Bertz CT molecular complexity index is 517. The van der Waals surface area contributed by atoms with Crippen LogP contribution in [0.25, 0.3) is 6.08 Å². The predicted molar refractivity (Wildman–Crippen MR) is 75.2 cm³/mol. The molecule has 0 heterocycles. The topological polar surface area (TPSA) is 52.9 Å². The molecule has 3 heteroatoms. The minimum Gasteiger partial charge on any atom is -0.349 e. The maximum Gasteiger partial charge on any atom is 0.262 e. The lowest BCUT2D eigenvalue weighted by Gasteiger charge is -2.10. The third-order valence-electron chi connectivity index (χ3n) is 3.44. The molecule has 0 bridgehead atoms. The van der Waals surface area contributed by atoms with E-state index in [2.05, 4.69) is 5.32 Å². The number of amides is 1. The normalized spacial score (nSPS) is 16.1. The first-order valence-electron chi connectivity index (χ1n) is 6.68. The van der Waals surface area contributed by atoms with Gasteiger partial charge in [-0.05, 0) is 31.4 Å². The van der Waals surface area contributed by atoms with Crippen LogP contribution in [0.1, 0.15) is 36.8 Å². The van der Waals surface area contributed by atoms with Crippen LogP contribution in [0, 0.1) is 18.3 Å². The SMILES string of the molecule is Cc1ccc(/C=C(\C#N)C(=O)NC2CCCC2)cc1. The third kappa shape index (κ3) is 3.69. The highest BCUT2D eigenvalue weighted by Gasteiger charge is 2.19. The van der Waals surface area contributed by atoms with E-state index in [0.29, 0.717) is 0 Å². The standard InChI is InChI=1S/C16H18N2O/c1-12-6-8-13(9-7-12)10-14(11-17)16(19)18-15-4-2-3-5-15/h6-10,15H,2-5H2,1H3,(H,18,19)/b14-10+. The van der Waals surface area contributed by atoms with Crippen molar-refractivity contribution in [1.29, 1.82) is 5.26 Å². The Morgan fingerprint density at radius 3 is 2.53 bits per heavy atom. The zero-order chi connectivity index (χ0) is 13.7. The summed E-state index contributed by atoms with van der Waals surface area (Å²) in [6, 6.07) is 9.99. The number of nitrogens with one attached hydrogen (secondary N) is 1. The van der Waals surface area contributed by atoms with Crippen LogP contribution in [-0.4, -0.2) is 11.9 Å². The number of carbonyl (C=O) groups is 1. The molecule has 1 aromatic rings. The van der Waals surface area contributed by atoms with Gasteiger partial charge >= 0.3 is 0 Å². The highest BCUT2D eigenvalue weighted by molar-refractivity contribution is 6.01. The second-order valence-corrected chi connectivity index (χ2v) is 5.04. The van der Waals surface area contributed by atoms with Crippen molar-refractivity contribution in [2.45, 2.75) is 38.6 Å². The highest BCUT2D eigenvalue weighted by Crippen LogP contribution is 2.18. The molecule has 0 spiro atoms. The van der Waals surface area contributed by atoms with Crippen LogP contribution in [0.4, 0.5) is 0 Å². The van der Waals surface area contributed by atoms with Crippen LogP contribution in [0.3, 0.4) is 0 Å². The van der Waals surface area contributed by atoms with Gasteiger partial charge in [-0.25, -0.2) is 0 Å². The van der Waals surface area contributed by atoms with Gasteiger partial charge in [-0.15, -0.1) is 0 Å². The van der Waals surface area contributed by atoms with E-state index >= 15 is 0 Å². The van der Waals surface area contributed by atoms with Gasteiger partial charge in [0.2, 0.25) is 0 Å². The monoisotopic (exact) mass is 254 g/mol. The van der Waals surface area contributed by atoms with Crippen LogP contribution >= 0.6 is 0 Å². The van der Waals surface area contributed by atoms with Gasteiger partial charge in [-0.2, -0.15) is 5.26 Å². The van der Waals surface area contributed by atoms with Crippen molar-refractivity contribution in [2.75, 3.05) is 0 Å². The predicted octanol–water partition coefficient (Wildman–Crippen LogP) is 2.96. The molecule has 1 aromatic carbocycles. The minimum atomic E-state index is -0.255.